The summed E-state index contributed by atoms with van der Waals surface area (Å²) in [6.07, 6.45) is 0.809. The van der Waals surface area contributed by atoms with Crippen LogP contribution in [0.25, 0.3) is 0 Å². The van der Waals surface area contributed by atoms with Crippen LogP contribution < -0.4 is 0 Å². The Morgan fingerprint density at radius 3 is 2.60 bits per heavy atom. The van der Waals surface area contributed by atoms with E-state index >= 15 is 0 Å². The second-order valence-electron chi connectivity index (χ2n) is 5.89. The maximum Gasteiger partial charge on any atom is 0.253 e. The van der Waals surface area contributed by atoms with Gasteiger partial charge in [0.2, 0.25) is 0 Å². The first-order valence-electron chi connectivity index (χ1n) is 6.68. The number of pyridine rings is 1. The highest BCUT2D eigenvalue weighted by atomic mass is 35.5. The van der Waals surface area contributed by atoms with E-state index in [2.05, 4.69) is 4.98 Å². The largest absolute Gasteiger partial charge is 0.385 e. The van der Waals surface area contributed by atoms with Gasteiger partial charge in [0, 0.05) is 44.0 Å². The molecule has 0 radical (unpaired) electrons. The van der Waals surface area contributed by atoms with Gasteiger partial charge in [-0.05, 0) is 18.6 Å². The Morgan fingerprint density at radius 1 is 1.40 bits per heavy atom. The average Bonchev–Trinajstić information content (AvgIpc) is 2.36. The van der Waals surface area contributed by atoms with Crippen molar-refractivity contribution in [1.82, 2.24) is 9.88 Å². The van der Waals surface area contributed by atoms with E-state index < -0.39 is 0 Å². The van der Waals surface area contributed by atoms with Gasteiger partial charge in [-0.3, -0.25) is 4.79 Å². The average molecular weight is 299 g/mol. The molecule has 1 aromatic rings. The number of aromatic nitrogens is 1. The third kappa shape index (κ3) is 4.76. The second kappa shape index (κ2) is 7.04. The highest BCUT2D eigenvalue weighted by Crippen LogP contribution is 2.23. The highest BCUT2D eigenvalue weighted by molar-refractivity contribution is 6.29. The summed E-state index contributed by atoms with van der Waals surface area (Å²) < 4.78 is 4.99. The standard InChI is InChI=1S/C15H23ClN2O2/c1-15(2,3)12-9-11(10-13(16)17-12)14(19)18(4)7-6-8-20-5/h9-10H,6-8H2,1-5H3. The highest BCUT2D eigenvalue weighted by Gasteiger charge is 2.20. The van der Waals surface area contributed by atoms with Crippen molar-refractivity contribution in [2.24, 2.45) is 0 Å². The zero-order valence-corrected chi connectivity index (χ0v) is 13.6. The summed E-state index contributed by atoms with van der Waals surface area (Å²) in [6, 6.07) is 3.44. The molecule has 0 unspecified atom stereocenters. The maximum absolute atomic E-state index is 12.4. The fourth-order valence-corrected chi connectivity index (χ4v) is 1.98. The van der Waals surface area contributed by atoms with Gasteiger partial charge in [-0.25, -0.2) is 4.98 Å². The minimum atomic E-state index is -0.144. The smallest absolute Gasteiger partial charge is 0.253 e. The lowest BCUT2D eigenvalue weighted by Gasteiger charge is -2.21. The third-order valence-corrected chi connectivity index (χ3v) is 3.19. The van der Waals surface area contributed by atoms with Crippen molar-refractivity contribution in [3.8, 4) is 0 Å². The number of hydrogen-bond donors (Lipinski definition) is 0. The SMILES string of the molecule is COCCCN(C)C(=O)c1cc(Cl)nc(C(C)(C)C)c1. The van der Waals surface area contributed by atoms with Crippen LogP contribution in [0.5, 0.6) is 0 Å². The van der Waals surface area contributed by atoms with Gasteiger partial charge in [-0.2, -0.15) is 0 Å². The molecule has 1 rings (SSSR count). The van der Waals surface area contributed by atoms with Crippen molar-refractivity contribution >= 4 is 17.5 Å². The first-order chi connectivity index (χ1) is 9.25. The molecule has 0 fully saturated rings. The number of carbonyl (C=O) groups excluding carboxylic acids is 1. The lowest BCUT2D eigenvalue weighted by molar-refractivity contribution is 0.0779. The minimum Gasteiger partial charge on any atom is -0.385 e. The first-order valence-corrected chi connectivity index (χ1v) is 7.06. The Kier molecular flexibility index (Phi) is 5.96. The Labute approximate surface area is 126 Å². The van der Waals surface area contributed by atoms with E-state index in [0.717, 1.165) is 12.1 Å². The second-order valence-corrected chi connectivity index (χ2v) is 6.27. The van der Waals surface area contributed by atoms with E-state index in [1.807, 2.05) is 26.8 Å². The molecule has 0 bridgehead atoms. The quantitative estimate of drug-likeness (QED) is 0.619. The topological polar surface area (TPSA) is 42.4 Å². The van der Waals surface area contributed by atoms with Crippen LogP contribution in [0.3, 0.4) is 0 Å². The predicted octanol–water partition coefficient (Wildman–Crippen LogP) is 3.14. The summed E-state index contributed by atoms with van der Waals surface area (Å²) in [6.45, 7) is 7.42. The molecule has 0 aliphatic rings. The third-order valence-electron chi connectivity index (χ3n) is 3.00. The molecular formula is C15H23ClN2O2. The summed E-state index contributed by atoms with van der Waals surface area (Å²) >= 11 is 6.03. The van der Waals surface area contributed by atoms with Gasteiger partial charge in [-0.15, -0.1) is 0 Å². The van der Waals surface area contributed by atoms with Crippen molar-refractivity contribution < 1.29 is 9.53 Å². The number of nitrogens with zero attached hydrogens (tertiary/aromatic N) is 2. The molecule has 0 saturated heterocycles. The number of carbonyl (C=O) groups is 1. The maximum atomic E-state index is 12.4. The van der Waals surface area contributed by atoms with Crippen LogP contribution in [-0.2, 0) is 10.2 Å². The summed E-state index contributed by atoms with van der Waals surface area (Å²) in [5.41, 5.74) is 1.25. The van der Waals surface area contributed by atoms with Crippen LogP contribution >= 0.6 is 11.6 Å². The molecule has 0 saturated carbocycles. The van der Waals surface area contributed by atoms with E-state index in [1.54, 1.807) is 25.1 Å². The van der Waals surface area contributed by atoms with Crippen molar-refractivity contribution in [2.75, 3.05) is 27.3 Å². The Morgan fingerprint density at radius 2 is 2.05 bits per heavy atom. The molecule has 1 heterocycles. The summed E-state index contributed by atoms with van der Waals surface area (Å²) in [7, 11) is 3.43. The van der Waals surface area contributed by atoms with E-state index in [0.29, 0.717) is 23.9 Å². The van der Waals surface area contributed by atoms with Gasteiger partial charge < -0.3 is 9.64 Å². The van der Waals surface area contributed by atoms with E-state index in [4.69, 9.17) is 16.3 Å². The summed E-state index contributed by atoms with van der Waals surface area (Å²) in [4.78, 5) is 18.3. The molecule has 0 atom stereocenters. The normalized spacial score (nSPS) is 11.5. The fourth-order valence-electron chi connectivity index (χ4n) is 1.77. The van der Waals surface area contributed by atoms with Crippen LogP contribution in [0.1, 0.15) is 43.2 Å². The molecular weight excluding hydrogens is 276 g/mol. The molecule has 1 aromatic heterocycles. The van der Waals surface area contributed by atoms with Crippen molar-refractivity contribution in [3.63, 3.8) is 0 Å². The molecule has 0 N–H and O–H groups in total. The molecule has 0 aliphatic heterocycles. The molecule has 0 aromatic carbocycles. The van der Waals surface area contributed by atoms with Gasteiger partial charge in [0.15, 0.2) is 0 Å². The van der Waals surface area contributed by atoms with Gasteiger partial charge in [0.25, 0.3) is 5.91 Å². The number of rotatable bonds is 5. The van der Waals surface area contributed by atoms with Crippen molar-refractivity contribution in [1.29, 1.82) is 0 Å². The van der Waals surface area contributed by atoms with Crippen molar-refractivity contribution in [2.45, 2.75) is 32.6 Å². The van der Waals surface area contributed by atoms with Crippen LogP contribution in [0, 0.1) is 0 Å². The van der Waals surface area contributed by atoms with Crippen LogP contribution in [-0.4, -0.2) is 43.1 Å². The lowest BCUT2D eigenvalue weighted by atomic mass is 9.91. The zero-order chi connectivity index (χ0) is 15.3. The van der Waals surface area contributed by atoms with E-state index in [1.165, 1.54) is 0 Å². The predicted molar refractivity (Wildman–Crippen MR) is 81.4 cm³/mol. The minimum absolute atomic E-state index is 0.0455. The van der Waals surface area contributed by atoms with Gasteiger partial charge >= 0.3 is 0 Å². The van der Waals surface area contributed by atoms with E-state index in [9.17, 15) is 4.79 Å². The molecule has 5 heteroatoms. The Balaban J connectivity index is 2.90. The lowest BCUT2D eigenvalue weighted by Crippen LogP contribution is -2.29. The van der Waals surface area contributed by atoms with Gasteiger partial charge in [0.05, 0.1) is 0 Å². The summed E-state index contributed by atoms with van der Waals surface area (Å²) in [5.74, 6) is -0.0455. The van der Waals surface area contributed by atoms with Crippen LogP contribution in [0.4, 0.5) is 0 Å². The fraction of sp³-hybridized carbons (Fsp3) is 0.600. The first kappa shape index (κ1) is 16.9. The van der Waals surface area contributed by atoms with Crippen molar-refractivity contribution in [3.05, 3.63) is 28.5 Å². The molecule has 1 amide bonds. The molecule has 4 nitrogen and oxygen atoms in total. The molecule has 20 heavy (non-hydrogen) atoms. The molecule has 0 aliphatic carbocycles. The Hall–Kier alpha value is -1.13. The summed E-state index contributed by atoms with van der Waals surface area (Å²) in [5, 5.41) is 0.353. The number of hydrogen-bond acceptors (Lipinski definition) is 3. The number of methoxy groups -OCH3 is 1. The molecule has 0 spiro atoms. The number of amides is 1. The van der Waals surface area contributed by atoms with Crippen LogP contribution in [0.2, 0.25) is 5.15 Å². The zero-order valence-electron chi connectivity index (χ0n) is 12.9. The van der Waals surface area contributed by atoms with Gasteiger partial charge in [-0.1, -0.05) is 32.4 Å². The Bertz CT molecular complexity index is 469. The number of halogens is 1. The van der Waals surface area contributed by atoms with E-state index in [-0.39, 0.29) is 11.3 Å². The van der Waals surface area contributed by atoms with Crippen LogP contribution in [0.15, 0.2) is 12.1 Å². The van der Waals surface area contributed by atoms with Gasteiger partial charge in [0.1, 0.15) is 5.15 Å². The molecule has 112 valence electrons. The number of ether oxygens (including phenoxy) is 1. The monoisotopic (exact) mass is 298 g/mol.